The number of carbonyl (C=O) groups excluding carboxylic acids is 2. The molecule has 0 heterocycles. The summed E-state index contributed by atoms with van der Waals surface area (Å²) in [7, 11) is 0. The van der Waals surface area contributed by atoms with Crippen molar-refractivity contribution in [2.45, 2.75) is 40.5 Å². The van der Waals surface area contributed by atoms with E-state index in [1.54, 1.807) is 0 Å². The summed E-state index contributed by atoms with van der Waals surface area (Å²) in [4.78, 5) is 25.3. The molecule has 25 heavy (non-hydrogen) atoms. The summed E-state index contributed by atoms with van der Waals surface area (Å²) in [6.07, 6.45) is 1.17. The van der Waals surface area contributed by atoms with Gasteiger partial charge < -0.3 is 10.6 Å². The fraction of sp³-hybridized carbons (Fsp3) is 0.333. The Kier molecular flexibility index (Phi) is 4.38. The van der Waals surface area contributed by atoms with Crippen LogP contribution < -0.4 is 10.6 Å². The standard InChI is InChI=1S/C21H24N2O2/c1-13-5-7-17(11-15(13)3)22-19(24)21(9-10-21)20(25)23-18-8-6-14(2)16(4)12-18/h5-8,11-12H,9-10H2,1-4H3,(H,22,24)(H,23,25). The average molecular weight is 336 g/mol. The summed E-state index contributed by atoms with van der Waals surface area (Å²) in [6.45, 7) is 8.06. The summed E-state index contributed by atoms with van der Waals surface area (Å²) in [5.41, 5.74) is 5.09. The lowest BCUT2D eigenvalue weighted by molar-refractivity contribution is -0.131. The van der Waals surface area contributed by atoms with E-state index in [1.807, 2.05) is 64.1 Å². The van der Waals surface area contributed by atoms with Crippen LogP contribution in [0.2, 0.25) is 0 Å². The Bertz CT molecular complexity index is 783. The Hall–Kier alpha value is -2.62. The minimum absolute atomic E-state index is 0.225. The number of benzene rings is 2. The summed E-state index contributed by atoms with van der Waals surface area (Å²) in [5, 5.41) is 5.80. The van der Waals surface area contributed by atoms with Crippen molar-refractivity contribution in [1.29, 1.82) is 0 Å². The SMILES string of the molecule is Cc1ccc(NC(=O)C2(C(=O)Nc3ccc(C)c(C)c3)CC2)cc1C. The third-order valence-electron chi connectivity index (χ3n) is 5.15. The molecule has 2 amide bonds. The number of aryl methyl sites for hydroxylation is 4. The van der Waals surface area contributed by atoms with E-state index >= 15 is 0 Å². The molecule has 0 aliphatic heterocycles. The summed E-state index contributed by atoms with van der Waals surface area (Å²) in [5.74, 6) is -0.450. The molecule has 2 aromatic rings. The van der Waals surface area contributed by atoms with E-state index in [1.165, 1.54) is 11.1 Å². The van der Waals surface area contributed by atoms with Crippen molar-refractivity contribution in [3.8, 4) is 0 Å². The van der Waals surface area contributed by atoms with Crippen molar-refractivity contribution in [2.75, 3.05) is 10.6 Å². The molecule has 1 aliphatic carbocycles. The highest BCUT2D eigenvalue weighted by molar-refractivity contribution is 6.16. The molecule has 0 unspecified atom stereocenters. The van der Waals surface area contributed by atoms with Gasteiger partial charge in [0.2, 0.25) is 11.8 Å². The van der Waals surface area contributed by atoms with Crippen LogP contribution in [0.3, 0.4) is 0 Å². The summed E-state index contributed by atoms with van der Waals surface area (Å²) in [6, 6.07) is 11.6. The fourth-order valence-corrected chi connectivity index (χ4v) is 2.82. The normalized spacial score (nSPS) is 14.7. The second-order valence-corrected chi connectivity index (χ2v) is 7.09. The summed E-state index contributed by atoms with van der Waals surface area (Å²) < 4.78 is 0. The Morgan fingerprint density at radius 1 is 0.720 bits per heavy atom. The second-order valence-electron chi connectivity index (χ2n) is 7.09. The van der Waals surface area contributed by atoms with Crippen molar-refractivity contribution in [2.24, 2.45) is 5.41 Å². The van der Waals surface area contributed by atoms with Crippen molar-refractivity contribution in [3.63, 3.8) is 0 Å². The molecule has 0 radical (unpaired) electrons. The monoisotopic (exact) mass is 336 g/mol. The molecule has 0 bridgehead atoms. The number of rotatable bonds is 4. The lowest BCUT2D eigenvalue weighted by atomic mass is 10.0. The smallest absolute Gasteiger partial charge is 0.240 e. The first-order valence-electron chi connectivity index (χ1n) is 8.59. The van der Waals surface area contributed by atoms with Crippen LogP contribution in [0, 0.1) is 33.1 Å². The lowest BCUT2D eigenvalue weighted by Crippen LogP contribution is -2.35. The van der Waals surface area contributed by atoms with Gasteiger partial charge in [0.1, 0.15) is 5.41 Å². The topological polar surface area (TPSA) is 58.2 Å². The zero-order valence-electron chi connectivity index (χ0n) is 15.2. The molecule has 1 saturated carbocycles. The number of hydrogen-bond donors (Lipinski definition) is 2. The third kappa shape index (κ3) is 3.43. The molecule has 3 rings (SSSR count). The molecular formula is C21H24N2O2. The summed E-state index contributed by atoms with van der Waals surface area (Å²) >= 11 is 0. The van der Waals surface area contributed by atoms with E-state index in [4.69, 9.17) is 0 Å². The molecule has 130 valence electrons. The first-order chi connectivity index (χ1) is 11.8. The van der Waals surface area contributed by atoms with Gasteiger partial charge in [-0.05, 0) is 87.1 Å². The molecule has 2 aromatic carbocycles. The maximum absolute atomic E-state index is 12.7. The zero-order chi connectivity index (χ0) is 18.2. The van der Waals surface area contributed by atoms with Gasteiger partial charge in [-0.2, -0.15) is 0 Å². The zero-order valence-corrected chi connectivity index (χ0v) is 15.2. The molecule has 0 spiro atoms. The Morgan fingerprint density at radius 2 is 1.12 bits per heavy atom. The second kappa shape index (κ2) is 6.36. The molecule has 1 fully saturated rings. The molecule has 2 N–H and O–H groups in total. The maximum atomic E-state index is 12.7. The highest BCUT2D eigenvalue weighted by Crippen LogP contribution is 2.47. The first kappa shape index (κ1) is 17.2. The highest BCUT2D eigenvalue weighted by atomic mass is 16.2. The van der Waals surface area contributed by atoms with Gasteiger partial charge in [0.05, 0.1) is 0 Å². The minimum atomic E-state index is -0.947. The van der Waals surface area contributed by atoms with Crippen molar-refractivity contribution < 1.29 is 9.59 Å². The number of amides is 2. The van der Waals surface area contributed by atoms with Crippen molar-refractivity contribution >= 4 is 23.2 Å². The van der Waals surface area contributed by atoms with Gasteiger partial charge in [0.15, 0.2) is 0 Å². The van der Waals surface area contributed by atoms with E-state index in [9.17, 15) is 9.59 Å². The van der Waals surface area contributed by atoms with Gasteiger partial charge in [-0.1, -0.05) is 12.1 Å². The van der Waals surface area contributed by atoms with E-state index < -0.39 is 5.41 Å². The van der Waals surface area contributed by atoms with Crippen LogP contribution in [0.15, 0.2) is 36.4 Å². The van der Waals surface area contributed by atoms with Crippen LogP contribution in [-0.2, 0) is 9.59 Å². The number of hydrogen-bond acceptors (Lipinski definition) is 2. The number of carbonyl (C=O) groups is 2. The Labute approximate surface area is 148 Å². The van der Waals surface area contributed by atoms with E-state index in [0.29, 0.717) is 12.8 Å². The molecule has 0 aromatic heterocycles. The Morgan fingerprint density at radius 3 is 1.44 bits per heavy atom. The van der Waals surface area contributed by atoms with Crippen LogP contribution in [0.5, 0.6) is 0 Å². The van der Waals surface area contributed by atoms with Crippen LogP contribution in [0.4, 0.5) is 11.4 Å². The van der Waals surface area contributed by atoms with Gasteiger partial charge >= 0.3 is 0 Å². The highest BCUT2D eigenvalue weighted by Gasteiger charge is 2.56. The van der Waals surface area contributed by atoms with Crippen LogP contribution in [0.25, 0.3) is 0 Å². The lowest BCUT2D eigenvalue weighted by Gasteiger charge is -2.16. The predicted octanol–water partition coefficient (Wildman–Crippen LogP) is 4.28. The maximum Gasteiger partial charge on any atom is 0.240 e. The van der Waals surface area contributed by atoms with Gasteiger partial charge in [-0.3, -0.25) is 9.59 Å². The van der Waals surface area contributed by atoms with Crippen molar-refractivity contribution in [3.05, 3.63) is 58.7 Å². The largest absolute Gasteiger partial charge is 0.325 e. The van der Waals surface area contributed by atoms with Gasteiger partial charge in [-0.15, -0.1) is 0 Å². The third-order valence-corrected chi connectivity index (χ3v) is 5.15. The first-order valence-corrected chi connectivity index (χ1v) is 8.59. The molecule has 4 heteroatoms. The van der Waals surface area contributed by atoms with Gasteiger partial charge in [-0.25, -0.2) is 0 Å². The number of nitrogens with one attached hydrogen (secondary N) is 2. The molecular weight excluding hydrogens is 312 g/mol. The number of anilines is 2. The average Bonchev–Trinajstić information content (AvgIpc) is 3.36. The van der Waals surface area contributed by atoms with Gasteiger partial charge in [0, 0.05) is 11.4 Å². The Balaban J connectivity index is 1.72. The fourth-order valence-electron chi connectivity index (χ4n) is 2.82. The van der Waals surface area contributed by atoms with E-state index in [0.717, 1.165) is 22.5 Å². The molecule has 1 aliphatic rings. The minimum Gasteiger partial charge on any atom is -0.325 e. The van der Waals surface area contributed by atoms with Gasteiger partial charge in [0.25, 0.3) is 0 Å². The quantitative estimate of drug-likeness (QED) is 0.819. The van der Waals surface area contributed by atoms with Crippen LogP contribution in [-0.4, -0.2) is 11.8 Å². The molecule has 0 atom stereocenters. The van der Waals surface area contributed by atoms with E-state index in [2.05, 4.69) is 10.6 Å². The predicted molar refractivity (Wildman–Crippen MR) is 101 cm³/mol. The molecule has 4 nitrogen and oxygen atoms in total. The van der Waals surface area contributed by atoms with E-state index in [-0.39, 0.29) is 11.8 Å². The van der Waals surface area contributed by atoms with Crippen molar-refractivity contribution in [1.82, 2.24) is 0 Å². The molecule has 0 saturated heterocycles. The van der Waals surface area contributed by atoms with Crippen LogP contribution in [0.1, 0.15) is 35.1 Å². The van der Waals surface area contributed by atoms with Crippen LogP contribution >= 0.6 is 0 Å².